The SMILES string of the molecule is COc1ccc2[nH]c(C)c(C(=O)C[NH+]3CCc4ccccc4[C@@H]3CN3C(=O)c4ccccc4C3=O)c2c1. The Hall–Kier alpha value is -4.23. The van der Waals surface area contributed by atoms with Gasteiger partial charge in [-0.1, -0.05) is 36.4 Å². The number of hydrogen-bond donors (Lipinski definition) is 2. The third-order valence-corrected chi connectivity index (χ3v) is 7.74. The van der Waals surface area contributed by atoms with Crippen molar-refractivity contribution in [1.82, 2.24) is 9.88 Å². The van der Waals surface area contributed by atoms with Crippen molar-refractivity contribution < 1.29 is 24.0 Å². The van der Waals surface area contributed by atoms with Crippen LogP contribution in [0.25, 0.3) is 10.9 Å². The summed E-state index contributed by atoms with van der Waals surface area (Å²) < 4.78 is 5.39. The Morgan fingerprint density at radius 1 is 1.03 bits per heavy atom. The molecule has 2 N–H and O–H groups in total. The highest BCUT2D eigenvalue weighted by Gasteiger charge is 2.41. The Balaban J connectivity index is 1.33. The van der Waals surface area contributed by atoms with Gasteiger partial charge in [0.15, 0.2) is 0 Å². The summed E-state index contributed by atoms with van der Waals surface area (Å²) in [7, 11) is 1.61. The molecule has 0 fully saturated rings. The molecule has 0 spiro atoms. The lowest BCUT2D eigenvalue weighted by Crippen LogP contribution is -3.14. The molecule has 1 aromatic heterocycles. The zero-order valence-corrected chi connectivity index (χ0v) is 20.8. The number of ether oxygens (including phenoxy) is 1. The van der Waals surface area contributed by atoms with Gasteiger partial charge in [-0.2, -0.15) is 0 Å². The molecule has 7 nitrogen and oxygen atoms in total. The molecule has 2 aliphatic rings. The van der Waals surface area contributed by atoms with E-state index in [0.717, 1.165) is 40.0 Å². The maximum atomic E-state index is 13.8. The second-order valence-corrected chi connectivity index (χ2v) is 9.81. The maximum Gasteiger partial charge on any atom is 0.261 e. The minimum atomic E-state index is -0.270. The number of imide groups is 1. The number of hydrogen-bond acceptors (Lipinski definition) is 4. The van der Waals surface area contributed by atoms with Gasteiger partial charge in [-0.3, -0.25) is 19.3 Å². The number of carbonyl (C=O) groups excluding carboxylic acids is 3. The Kier molecular flexibility index (Phi) is 5.65. The van der Waals surface area contributed by atoms with E-state index in [1.54, 1.807) is 31.4 Å². The fraction of sp³-hybridized carbons (Fsp3) is 0.233. The molecule has 6 rings (SSSR count). The minimum absolute atomic E-state index is 0.0266. The predicted octanol–water partition coefficient (Wildman–Crippen LogP) is 3.15. The van der Waals surface area contributed by atoms with Crippen LogP contribution < -0.4 is 9.64 Å². The van der Waals surface area contributed by atoms with E-state index in [9.17, 15) is 14.4 Å². The maximum absolute atomic E-state index is 13.8. The van der Waals surface area contributed by atoms with Crippen molar-refractivity contribution in [3.05, 3.63) is 100 Å². The summed E-state index contributed by atoms with van der Waals surface area (Å²) in [6.45, 7) is 3.14. The highest BCUT2D eigenvalue weighted by atomic mass is 16.5. The van der Waals surface area contributed by atoms with E-state index in [2.05, 4.69) is 17.1 Å². The van der Waals surface area contributed by atoms with Crippen LogP contribution in [0.5, 0.6) is 5.75 Å². The molecule has 2 atom stereocenters. The van der Waals surface area contributed by atoms with E-state index in [0.29, 0.717) is 22.4 Å². The quantitative estimate of drug-likeness (QED) is 0.319. The number of nitrogens with zero attached hydrogens (tertiary/aromatic N) is 1. The fourth-order valence-corrected chi connectivity index (χ4v) is 5.90. The summed E-state index contributed by atoms with van der Waals surface area (Å²) in [4.78, 5) is 45.9. The van der Waals surface area contributed by atoms with Crippen molar-refractivity contribution in [3.63, 3.8) is 0 Å². The van der Waals surface area contributed by atoms with Gasteiger partial charge < -0.3 is 14.6 Å². The van der Waals surface area contributed by atoms with Crippen LogP contribution in [0.15, 0.2) is 66.7 Å². The molecule has 0 saturated heterocycles. The first kappa shape index (κ1) is 23.2. The largest absolute Gasteiger partial charge is 0.497 e. The summed E-state index contributed by atoms with van der Waals surface area (Å²) in [5, 5.41) is 0.843. The fourth-order valence-electron chi connectivity index (χ4n) is 5.90. The second kappa shape index (κ2) is 9.01. The highest BCUT2D eigenvalue weighted by Crippen LogP contribution is 2.29. The zero-order valence-electron chi connectivity index (χ0n) is 20.8. The number of quaternary nitrogens is 1. The van der Waals surface area contributed by atoms with E-state index < -0.39 is 0 Å². The smallest absolute Gasteiger partial charge is 0.261 e. The average Bonchev–Trinajstić information content (AvgIpc) is 3.37. The number of H-pyrrole nitrogens is 1. The second-order valence-electron chi connectivity index (χ2n) is 9.81. The van der Waals surface area contributed by atoms with Crippen LogP contribution >= 0.6 is 0 Å². The molecule has 3 heterocycles. The van der Waals surface area contributed by atoms with Crippen LogP contribution in [0.3, 0.4) is 0 Å². The molecule has 3 aromatic carbocycles. The van der Waals surface area contributed by atoms with Gasteiger partial charge in [-0.05, 0) is 42.8 Å². The third-order valence-electron chi connectivity index (χ3n) is 7.74. The molecule has 2 amide bonds. The van der Waals surface area contributed by atoms with Gasteiger partial charge in [0.1, 0.15) is 18.3 Å². The molecule has 7 heteroatoms. The van der Waals surface area contributed by atoms with Crippen LogP contribution in [0.4, 0.5) is 0 Å². The van der Waals surface area contributed by atoms with E-state index in [4.69, 9.17) is 4.74 Å². The van der Waals surface area contributed by atoms with Crippen LogP contribution in [0.2, 0.25) is 0 Å². The monoisotopic (exact) mass is 494 g/mol. The van der Waals surface area contributed by atoms with E-state index in [1.165, 1.54) is 10.5 Å². The number of Topliss-reactive ketones (excluding diaryl/α,β-unsaturated/α-hetero) is 1. The van der Waals surface area contributed by atoms with Gasteiger partial charge in [0, 0.05) is 28.6 Å². The molecule has 2 aliphatic heterocycles. The predicted molar refractivity (Wildman–Crippen MR) is 139 cm³/mol. The number of amides is 2. The molecule has 0 aliphatic carbocycles. The number of rotatable bonds is 6. The number of ketones is 1. The van der Waals surface area contributed by atoms with Crippen molar-refractivity contribution in [2.75, 3.05) is 26.7 Å². The van der Waals surface area contributed by atoms with Crippen LogP contribution in [-0.2, 0) is 6.42 Å². The number of fused-ring (bicyclic) bond motifs is 3. The topological polar surface area (TPSA) is 83.9 Å². The average molecular weight is 495 g/mol. The number of aromatic nitrogens is 1. The van der Waals surface area contributed by atoms with Crippen LogP contribution in [-0.4, -0.2) is 54.2 Å². The summed E-state index contributed by atoms with van der Waals surface area (Å²) >= 11 is 0. The van der Waals surface area contributed by atoms with Gasteiger partial charge in [0.05, 0.1) is 36.9 Å². The Morgan fingerprint density at radius 3 is 2.46 bits per heavy atom. The van der Waals surface area contributed by atoms with E-state index >= 15 is 0 Å². The Labute approximate surface area is 214 Å². The number of methoxy groups -OCH3 is 1. The lowest BCUT2D eigenvalue weighted by atomic mass is 9.91. The molecule has 0 radical (unpaired) electrons. The Morgan fingerprint density at radius 2 is 1.73 bits per heavy atom. The standard InChI is InChI=1S/C30H27N3O4/c1-18-28(24-15-20(37-2)11-12-25(24)31-18)27(34)17-32-14-13-19-7-3-4-8-21(19)26(32)16-33-29(35)22-9-5-6-10-23(22)30(33)36/h3-12,15,26,31H,13-14,16-17H2,1-2H3/p+1/t26-/m0/s1. The highest BCUT2D eigenvalue weighted by molar-refractivity contribution is 6.21. The first-order valence-electron chi connectivity index (χ1n) is 12.5. The van der Waals surface area contributed by atoms with Crippen molar-refractivity contribution in [2.45, 2.75) is 19.4 Å². The minimum Gasteiger partial charge on any atom is -0.497 e. The lowest BCUT2D eigenvalue weighted by molar-refractivity contribution is -0.925. The van der Waals surface area contributed by atoms with Crippen molar-refractivity contribution in [2.24, 2.45) is 0 Å². The third kappa shape index (κ3) is 3.83. The molecule has 1 unspecified atom stereocenters. The Bertz CT molecular complexity index is 1540. The van der Waals surface area contributed by atoms with E-state index in [-0.39, 0.29) is 36.7 Å². The summed E-state index contributed by atoms with van der Waals surface area (Å²) in [6, 6.07) is 20.6. The van der Waals surface area contributed by atoms with Crippen LogP contribution in [0, 0.1) is 6.92 Å². The van der Waals surface area contributed by atoms with Crippen LogP contribution in [0.1, 0.15) is 53.9 Å². The molecular weight excluding hydrogens is 466 g/mol. The zero-order chi connectivity index (χ0) is 25.7. The molecule has 0 bridgehead atoms. The molecule has 37 heavy (non-hydrogen) atoms. The lowest BCUT2D eigenvalue weighted by Gasteiger charge is -2.35. The van der Waals surface area contributed by atoms with Gasteiger partial charge in [-0.15, -0.1) is 0 Å². The summed E-state index contributed by atoms with van der Waals surface area (Å²) in [5.41, 5.74) is 5.55. The van der Waals surface area contributed by atoms with Crippen molar-refractivity contribution in [1.29, 1.82) is 0 Å². The van der Waals surface area contributed by atoms with Gasteiger partial charge in [0.25, 0.3) is 11.8 Å². The molecule has 4 aromatic rings. The number of benzene rings is 3. The molecule has 0 saturated carbocycles. The van der Waals surface area contributed by atoms with Gasteiger partial charge in [-0.25, -0.2) is 0 Å². The molecule has 186 valence electrons. The van der Waals surface area contributed by atoms with Gasteiger partial charge in [0.2, 0.25) is 5.78 Å². The van der Waals surface area contributed by atoms with Gasteiger partial charge >= 0.3 is 0 Å². The number of aryl methyl sites for hydroxylation is 1. The van der Waals surface area contributed by atoms with Crippen molar-refractivity contribution in [3.8, 4) is 5.75 Å². The number of aromatic amines is 1. The summed E-state index contributed by atoms with van der Waals surface area (Å²) in [6.07, 6.45) is 0.831. The normalized spacial score (nSPS) is 18.7. The first-order chi connectivity index (χ1) is 18.0. The van der Waals surface area contributed by atoms with Crippen molar-refractivity contribution >= 4 is 28.5 Å². The number of nitrogens with one attached hydrogen (secondary N) is 2. The molecular formula is C30H28N3O4+. The first-order valence-corrected chi connectivity index (χ1v) is 12.5. The summed E-state index contributed by atoms with van der Waals surface area (Å²) in [5.74, 6) is 0.185. The number of carbonyl (C=O) groups is 3. The van der Waals surface area contributed by atoms with E-state index in [1.807, 2.05) is 37.3 Å².